The summed E-state index contributed by atoms with van der Waals surface area (Å²) in [7, 11) is 1.98. The summed E-state index contributed by atoms with van der Waals surface area (Å²) in [5.41, 5.74) is 4.49. The number of hydrazine groups is 1. The van der Waals surface area contributed by atoms with Gasteiger partial charge in [-0.2, -0.15) is 0 Å². The number of ether oxygens (including phenoxy) is 1. The van der Waals surface area contributed by atoms with Crippen LogP contribution in [0.4, 0.5) is 0 Å². The number of pyridine rings is 1. The number of piperidine rings is 1. The molecule has 2 rings (SSSR count). The van der Waals surface area contributed by atoms with Crippen molar-refractivity contribution in [2.24, 2.45) is 0 Å². The van der Waals surface area contributed by atoms with Crippen LogP contribution < -0.4 is 10.2 Å². The Balaban J connectivity index is 2.23. The van der Waals surface area contributed by atoms with E-state index in [0.29, 0.717) is 12.6 Å². The van der Waals surface area contributed by atoms with Gasteiger partial charge in [-0.1, -0.05) is 6.42 Å². The lowest BCUT2D eigenvalue weighted by Crippen LogP contribution is -2.41. The van der Waals surface area contributed by atoms with Crippen LogP contribution in [0, 0.1) is 0 Å². The molecule has 0 amide bonds. The fraction of sp³-hybridized carbons (Fsp3) is 0.615. The summed E-state index contributed by atoms with van der Waals surface area (Å²) >= 11 is 3.42. The van der Waals surface area contributed by atoms with Gasteiger partial charge in [-0.15, -0.1) is 0 Å². The summed E-state index contributed by atoms with van der Waals surface area (Å²) in [4.78, 5) is 4.38. The topological polar surface area (TPSA) is 37.4 Å². The summed E-state index contributed by atoms with van der Waals surface area (Å²) in [6.07, 6.45) is 5.62. The van der Waals surface area contributed by atoms with E-state index in [9.17, 15) is 0 Å². The maximum atomic E-state index is 5.59. The Kier molecular flexibility index (Phi) is 4.97. The van der Waals surface area contributed by atoms with Crippen molar-refractivity contribution in [1.29, 1.82) is 0 Å². The number of aromatic nitrogens is 1. The fourth-order valence-electron chi connectivity index (χ4n) is 2.43. The molecule has 1 N–H and O–H groups in total. The zero-order valence-corrected chi connectivity index (χ0v) is 12.5. The molecular weight excluding hydrogens is 294 g/mol. The molecule has 0 spiro atoms. The zero-order chi connectivity index (χ0) is 13.0. The summed E-state index contributed by atoms with van der Waals surface area (Å²) in [5.74, 6) is 0.830. The van der Waals surface area contributed by atoms with Crippen molar-refractivity contribution in [1.82, 2.24) is 15.4 Å². The minimum atomic E-state index is 0.392. The standard InChI is InChI=1S/C13H20BrN3O/c1-3-18-12-8-10(9-16-13(12)14)11-6-4-5-7-17(11)15-2/h8-9,11,15H,3-7H2,1-2H3/t11-/m0/s1. The SMILES string of the molecule is CCOc1cc([C@@H]2CCCCN2NC)cnc1Br. The molecule has 2 heterocycles. The molecule has 0 unspecified atom stereocenters. The first kappa shape index (κ1) is 13.8. The molecule has 18 heavy (non-hydrogen) atoms. The van der Waals surface area contributed by atoms with E-state index in [1.165, 1.54) is 18.4 Å². The average Bonchev–Trinajstić information content (AvgIpc) is 2.41. The first-order valence-corrected chi connectivity index (χ1v) is 7.27. The van der Waals surface area contributed by atoms with Gasteiger partial charge >= 0.3 is 0 Å². The minimum Gasteiger partial charge on any atom is -0.491 e. The monoisotopic (exact) mass is 313 g/mol. The number of halogens is 1. The maximum absolute atomic E-state index is 5.59. The van der Waals surface area contributed by atoms with E-state index in [4.69, 9.17) is 4.74 Å². The molecule has 1 atom stereocenters. The summed E-state index contributed by atoms with van der Waals surface area (Å²) in [5, 5.41) is 2.28. The molecule has 100 valence electrons. The van der Waals surface area contributed by atoms with Crippen molar-refractivity contribution in [2.45, 2.75) is 32.2 Å². The van der Waals surface area contributed by atoms with Gasteiger partial charge in [0, 0.05) is 12.7 Å². The first-order chi connectivity index (χ1) is 8.76. The lowest BCUT2D eigenvalue weighted by Gasteiger charge is -2.35. The Morgan fingerprint density at radius 3 is 3.11 bits per heavy atom. The Morgan fingerprint density at radius 1 is 1.56 bits per heavy atom. The van der Waals surface area contributed by atoms with Gasteiger partial charge in [0.1, 0.15) is 4.60 Å². The zero-order valence-electron chi connectivity index (χ0n) is 10.9. The smallest absolute Gasteiger partial charge is 0.152 e. The van der Waals surface area contributed by atoms with E-state index < -0.39 is 0 Å². The predicted octanol–water partition coefficient (Wildman–Crippen LogP) is 2.90. The van der Waals surface area contributed by atoms with Gasteiger partial charge in [0.2, 0.25) is 0 Å². The largest absolute Gasteiger partial charge is 0.491 e. The van der Waals surface area contributed by atoms with Crippen LogP contribution in [0.25, 0.3) is 0 Å². The molecule has 0 radical (unpaired) electrons. The Hall–Kier alpha value is -0.650. The van der Waals surface area contributed by atoms with Crippen molar-refractivity contribution in [3.63, 3.8) is 0 Å². The molecule has 1 saturated heterocycles. The van der Waals surface area contributed by atoms with Gasteiger partial charge in [-0.25, -0.2) is 9.99 Å². The van der Waals surface area contributed by atoms with Crippen LogP contribution in [-0.2, 0) is 0 Å². The van der Waals surface area contributed by atoms with Crippen molar-refractivity contribution < 1.29 is 4.74 Å². The van der Waals surface area contributed by atoms with E-state index in [1.54, 1.807) is 0 Å². The van der Waals surface area contributed by atoms with Crippen LogP contribution in [0.3, 0.4) is 0 Å². The van der Waals surface area contributed by atoms with Crippen molar-refractivity contribution in [2.75, 3.05) is 20.2 Å². The van der Waals surface area contributed by atoms with Crippen LogP contribution in [0.2, 0.25) is 0 Å². The van der Waals surface area contributed by atoms with E-state index in [-0.39, 0.29) is 0 Å². The summed E-state index contributed by atoms with van der Waals surface area (Å²) in [6, 6.07) is 2.49. The van der Waals surface area contributed by atoms with E-state index in [0.717, 1.165) is 23.3 Å². The third-order valence-corrected chi connectivity index (χ3v) is 3.90. The second kappa shape index (κ2) is 6.50. The number of hydrogen-bond acceptors (Lipinski definition) is 4. The number of nitrogens with zero attached hydrogens (tertiary/aromatic N) is 2. The first-order valence-electron chi connectivity index (χ1n) is 6.48. The quantitative estimate of drug-likeness (QED) is 0.867. The molecule has 1 aliphatic heterocycles. The maximum Gasteiger partial charge on any atom is 0.152 e. The summed E-state index contributed by atoms with van der Waals surface area (Å²) < 4.78 is 6.37. The highest BCUT2D eigenvalue weighted by molar-refractivity contribution is 9.10. The van der Waals surface area contributed by atoms with Gasteiger partial charge in [0.15, 0.2) is 5.75 Å². The van der Waals surface area contributed by atoms with Crippen LogP contribution in [0.5, 0.6) is 5.75 Å². The normalized spacial score (nSPS) is 20.9. The lowest BCUT2D eigenvalue weighted by molar-refractivity contribution is 0.0980. The molecule has 0 aliphatic carbocycles. The van der Waals surface area contributed by atoms with Crippen molar-refractivity contribution in [3.8, 4) is 5.75 Å². The van der Waals surface area contributed by atoms with Gasteiger partial charge in [-0.05, 0) is 54.4 Å². The van der Waals surface area contributed by atoms with E-state index in [2.05, 4.69) is 37.4 Å². The van der Waals surface area contributed by atoms with Crippen molar-refractivity contribution >= 4 is 15.9 Å². The molecule has 1 aromatic rings. The highest BCUT2D eigenvalue weighted by Crippen LogP contribution is 2.32. The van der Waals surface area contributed by atoms with Crippen LogP contribution in [-0.4, -0.2) is 30.2 Å². The van der Waals surface area contributed by atoms with Gasteiger partial charge in [0.25, 0.3) is 0 Å². The average molecular weight is 314 g/mol. The van der Waals surface area contributed by atoms with Crippen LogP contribution in [0.15, 0.2) is 16.9 Å². The van der Waals surface area contributed by atoms with E-state index >= 15 is 0 Å². The molecule has 1 aromatic heterocycles. The van der Waals surface area contributed by atoms with Crippen molar-refractivity contribution in [3.05, 3.63) is 22.4 Å². The molecule has 0 bridgehead atoms. The molecular formula is C13H20BrN3O. The predicted molar refractivity (Wildman–Crippen MR) is 75.5 cm³/mol. The molecule has 4 nitrogen and oxygen atoms in total. The molecule has 5 heteroatoms. The second-order valence-electron chi connectivity index (χ2n) is 4.42. The van der Waals surface area contributed by atoms with Gasteiger partial charge in [-0.3, -0.25) is 5.43 Å². The Bertz CT molecular complexity index is 400. The molecule has 1 fully saturated rings. The highest BCUT2D eigenvalue weighted by Gasteiger charge is 2.24. The minimum absolute atomic E-state index is 0.392. The van der Waals surface area contributed by atoms with Crippen LogP contribution >= 0.6 is 15.9 Å². The van der Waals surface area contributed by atoms with E-state index in [1.807, 2.05) is 20.2 Å². The molecule has 0 aromatic carbocycles. The third-order valence-electron chi connectivity index (χ3n) is 3.30. The van der Waals surface area contributed by atoms with Gasteiger partial charge in [0.05, 0.1) is 12.6 Å². The van der Waals surface area contributed by atoms with Crippen LogP contribution in [0.1, 0.15) is 37.8 Å². The second-order valence-corrected chi connectivity index (χ2v) is 5.17. The summed E-state index contributed by atoms with van der Waals surface area (Å²) in [6.45, 7) is 3.73. The van der Waals surface area contributed by atoms with Gasteiger partial charge < -0.3 is 4.74 Å². The molecule has 0 saturated carbocycles. The number of hydrogen-bond donors (Lipinski definition) is 1. The lowest BCUT2D eigenvalue weighted by atomic mass is 9.98. The Morgan fingerprint density at radius 2 is 2.39 bits per heavy atom. The number of nitrogens with one attached hydrogen (secondary N) is 1. The molecule has 1 aliphatic rings. The third kappa shape index (κ3) is 3.02. The number of rotatable bonds is 4. The highest BCUT2D eigenvalue weighted by atomic mass is 79.9. The fourth-order valence-corrected chi connectivity index (χ4v) is 2.76. The Labute approximate surface area is 117 Å².